The van der Waals surface area contributed by atoms with Crippen LogP contribution in [0, 0.1) is 0 Å². The fraction of sp³-hybridized carbons (Fsp3) is 0.500. The van der Waals surface area contributed by atoms with Gasteiger partial charge >= 0.3 is 5.97 Å². The molecule has 2 aliphatic rings. The van der Waals surface area contributed by atoms with Crippen molar-refractivity contribution in [1.82, 2.24) is 9.55 Å². The number of carbonyl (C=O) groups is 1. The van der Waals surface area contributed by atoms with Gasteiger partial charge in [-0.3, -0.25) is 14.2 Å². The van der Waals surface area contributed by atoms with E-state index in [1.807, 2.05) is 4.57 Å². The number of halogens is 1. The highest BCUT2D eigenvalue weighted by atomic mass is 35.5. The van der Waals surface area contributed by atoms with Crippen LogP contribution in [0.25, 0.3) is 10.9 Å². The highest BCUT2D eigenvalue weighted by Gasteiger charge is 2.31. The molecule has 1 aliphatic heterocycles. The standard InChI is InChI=1S/C18H19ClN2O3S/c19-11-6-7-13-14(10-11)20-18(25-15-8-9-24-17(15)23)21(16(13)22)12-4-2-1-3-5-12/h6-7,10,12,15H,1-5,8-9H2/t15-/m1/s1. The molecule has 0 amide bonds. The van der Waals surface area contributed by atoms with Gasteiger partial charge in [-0.25, -0.2) is 4.98 Å². The Morgan fingerprint density at radius 2 is 1.96 bits per heavy atom. The predicted molar refractivity (Wildman–Crippen MR) is 98.4 cm³/mol. The van der Waals surface area contributed by atoms with E-state index in [1.54, 1.807) is 18.2 Å². The van der Waals surface area contributed by atoms with Crippen LogP contribution in [-0.4, -0.2) is 27.4 Å². The van der Waals surface area contributed by atoms with Gasteiger partial charge in [-0.1, -0.05) is 42.6 Å². The molecule has 0 radical (unpaired) electrons. The molecule has 1 saturated carbocycles. The Morgan fingerprint density at radius 3 is 2.68 bits per heavy atom. The van der Waals surface area contributed by atoms with Gasteiger partial charge in [0.15, 0.2) is 5.16 Å². The Hall–Kier alpha value is -1.53. The van der Waals surface area contributed by atoms with Crippen LogP contribution < -0.4 is 5.56 Å². The lowest BCUT2D eigenvalue weighted by atomic mass is 9.95. The third-order valence-electron chi connectivity index (χ3n) is 4.91. The molecule has 0 N–H and O–H groups in total. The number of hydrogen-bond acceptors (Lipinski definition) is 5. The second-order valence-electron chi connectivity index (χ2n) is 6.59. The lowest BCUT2D eigenvalue weighted by molar-refractivity contribution is -0.137. The first-order valence-electron chi connectivity index (χ1n) is 8.68. The summed E-state index contributed by atoms with van der Waals surface area (Å²) >= 11 is 7.42. The van der Waals surface area contributed by atoms with Crippen molar-refractivity contribution in [1.29, 1.82) is 0 Å². The minimum absolute atomic E-state index is 0.0394. The number of esters is 1. The zero-order chi connectivity index (χ0) is 17.4. The SMILES string of the molecule is O=C1OCC[C@H]1Sc1nc2cc(Cl)ccc2c(=O)n1C1CCCCC1. The first-order valence-corrected chi connectivity index (χ1v) is 9.94. The third kappa shape index (κ3) is 3.29. The van der Waals surface area contributed by atoms with E-state index < -0.39 is 0 Å². The molecule has 7 heteroatoms. The minimum atomic E-state index is -0.293. The molecule has 1 aliphatic carbocycles. The summed E-state index contributed by atoms with van der Waals surface area (Å²) in [6.07, 6.45) is 6.04. The summed E-state index contributed by atoms with van der Waals surface area (Å²) in [5, 5.41) is 1.44. The number of carbonyl (C=O) groups excluding carboxylic acids is 1. The summed E-state index contributed by atoms with van der Waals surface area (Å²) in [4.78, 5) is 29.8. The van der Waals surface area contributed by atoms with Crippen molar-refractivity contribution in [2.45, 2.75) is 55.0 Å². The van der Waals surface area contributed by atoms with Crippen LogP contribution in [0.2, 0.25) is 5.02 Å². The fourth-order valence-corrected chi connectivity index (χ4v) is 4.90. The zero-order valence-electron chi connectivity index (χ0n) is 13.7. The molecule has 25 heavy (non-hydrogen) atoms. The van der Waals surface area contributed by atoms with Crippen molar-refractivity contribution in [2.75, 3.05) is 6.61 Å². The Balaban J connectivity index is 1.84. The number of thioether (sulfide) groups is 1. The van der Waals surface area contributed by atoms with Crippen molar-refractivity contribution in [3.63, 3.8) is 0 Å². The molecule has 0 unspecified atom stereocenters. The van der Waals surface area contributed by atoms with Gasteiger partial charge in [0.05, 0.1) is 17.5 Å². The number of nitrogens with zero attached hydrogens (tertiary/aromatic N) is 2. The average Bonchev–Trinajstić information content (AvgIpc) is 3.00. The molecule has 1 aromatic heterocycles. The highest BCUT2D eigenvalue weighted by molar-refractivity contribution is 8.00. The van der Waals surface area contributed by atoms with Crippen LogP contribution in [0.4, 0.5) is 0 Å². The molecule has 132 valence electrons. The number of aromatic nitrogens is 2. The summed E-state index contributed by atoms with van der Waals surface area (Å²) < 4.78 is 6.88. The predicted octanol–water partition coefficient (Wildman–Crippen LogP) is 3.96. The van der Waals surface area contributed by atoms with Crippen LogP contribution in [0.5, 0.6) is 0 Å². The average molecular weight is 379 g/mol. The monoisotopic (exact) mass is 378 g/mol. The van der Waals surface area contributed by atoms with Crippen LogP contribution in [0.15, 0.2) is 28.2 Å². The fourth-order valence-electron chi connectivity index (χ4n) is 3.61. The molecular formula is C18H19ClN2O3S. The Labute approximate surface area is 154 Å². The first-order chi connectivity index (χ1) is 12.1. The Morgan fingerprint density at radius 1 is 1.16 bits per heavy atom. The van der Waals surface area contributed by atoms with Crippen molar-refractivity contribution in [3.8, 4) is 0 Å². The summed E-state index contributed by atoms with van der Waals surface area (Å²) in [5.41, 5.74) is 0.542. The van der Waals surface area contributed by atoms with E-state index in [2.05, 4.69) is 0 Å². The maximum atomic E-state index is 13.2. The number of rotatable bonds is 3. The number of fused-ring (bicyclic) bond motifs is 1. The second kappa shape index (κ2) is 7.00. The van der Waals surface area contributed by atoms with E-state index in [-0.39, 0.29) is 22.8 Å². The smallest absolute Gasteiger partial charge is 0.319 e. The van der Waals surface area contributed by atoms with Gasteiger partial charge in [-0.2, -0.15) is 0 Å². The lowest BCUT2D eigenvalue weighted by Crippen LogP contribution is -2.29. The largest absolute Gasteiger partial charge is 0.465 e. The van der Waals surface area contributed by atoms with Gasteiger partial charge in [0.2, 0.25) is 0 Å². The van der Waals surface area contributed by atoms with E-state index in [1.165, 1.54) is 18.2 Å². The van der Waals surface area contributed by atoms with E-state index >= 15 is 0 Å². The molecule has 5 nitrogen and oxygen atoms in total. The minimum Gasteiger partial charge on any atom is -0.465 e. The number of ether oxygens (including phenoxy) is 1. The van der Waals surface area contributed by atoms with Gasteiger partial charge in [-0.05, 0) is 31.0 Å². The summed E-state index contributed by atoms with van der Waals surface area (Å²) in [7, 11) is 0. The molecule has 2 aromatic rings. The molecule has 1 atom stereocenters. The quantitative estimate of drug-likeness (QED) is 0.597. The molecule has 1 aromatic carbocycles. The summed E-state index contributed by atoms with van der Waals surface area (Å²) in [6.45, 7) is 0.434. The van der Waals surface area contributed by atoms with E-state index in [0.29, 0.717) is 34.1 Å². The molecule has 0 spiro atoms. The van der Waals surface area contributed by atoms with Gasteiger partial charge < -0.3 is 4.74 Å². The number of cyclic esters (lactones) is 1. The molecule has 2 fully saturated rings. The molecular weight excluding hydrogens is 360 g/mol. The van der Waals surface area contributed by atoms with Gasteiger partial charge in [0.1, 0.15) is 5.25 Å². The second-order valence-corrected chi connectivity index (χ2v) is 8.19. The topological polar surface area (TPSA) is 61.2 Å². The molecule has 4 rings (SSSR count). The Bertz CT molecular complexity index is 876. The van der Waals surface area contributed by atoms with Crippen LogP contribution in [0.3, 0.4) is 0 Å². The van der Waals surface area contributed by atoms with Gasteiger partial charge in [0, 0.05) is 17.5 Å². The van der Waals surface area contributed by atoms with E-state index in [4.69, 9.17) is 21.3 Å². The number of benzene rings is 1. The third-order valence-corrected chi connectivity index (χ3v) is 6.35. The molecule has 1 saturated heterocycles. The normalized spacial score (nSPS) is 21.6. The van der Waals surface area contributed by atoms with Crippen molar-refractivity contribution >= 4 is 40.2 Å². The molecule has 0 bridgehead atoms. The highest BCUT2D eigenvalue weighted by Crippen LogP contribution is 2.34. The van der Waals surface area contributed by atoms with E-state index in [0.717, 1.165) is 25.7 Å². The first kappa shape index (κ1) is 16.9. The Kier molecular flexibility index (Phi) is 4.73. The van der Waals surface area contributed by atoms with E-state index in [9.17, 15) is 9.59 Å². The van der Waals surface area contributed by atoms with Crippen LogP contribution >= 0.6 is 23.4 Å². The summed E-state index contributed by atoms with van der Waals surface area (Å²) in [6, 6.07) is 5.32. The van der Waals surface area contributed by atoms with Gasteiger partial charge in [-0.15, -0.1) is 0 Å². The molecule has 2 heterocycles. The van der Waals surface area contributed by atoms with Crippen molar-refractivity contribution in [2.24, 2.45) is 0 Å². The van der Waals surface area contributed by atoms with Crippen LogP contribution in [-0.2, 0) is 9.53 Å². The summed E-state index contributed by atoms with van der Waals surface area (Å²) in [5.74, 6) is -0.222. The van der Waals surface area contributed by atoms with Crippen LogP contribution in [0.1, 0.15) is 44.6 Å². The maximum Gasteiger partial charge on any atom is 0.319 e. The lowest BCUT2D eigenvalue weighted by Gasteiger charge is -2.26. The maximum absolute atomic E-state index is 13.2. The van der Waals surface area contributed by atoms with Crippen molar-refractivity contribution in [3.05, 3.63) is 33.6 Å². The van der Waals surface area contributed by atoms with Gasteiger partial charge in [0.25, 0.3) is 5.56 Å². The number of hydrogen-bond donors (Lipinski definition) is 0. The van der Waals surface area contributed by atoms with Crippen molar-refractivity contribution < 1.29 is 9.53 Å². The zero-order valence-corrected chi connectivity index (χ0v) is 15.3.